The van der Waals surface area contributed by atoms with Gasteiger partial charge in [-0.15, -0.1) is 0 Å². The number of likely N-dealkylation sites (tertiary alicyclic amines) is 1. The van der Waals surface area contributed by atoms with Crippen molar-refractivity contribution >= 4 is 5.97 Å². The molecular weight excluding hydrogens is 326 g/mol. The highest BCUT2D eigenvalue weighted by Crippen LogP contribution is 2.32. The number of terminal acetylenes is 1. The van der Waals surface area contributed by atoms with E-state index in [0.29, 0.717) is 15.6 Å². The summed E-state index contributed by atoms with van der Waals surface area (Å²) in [5, 5.41) is 11.4. The second-order valence-corrected chi connectivity index (χ2v) is 6.96. The third-order valence-electron chi connectivity index (χ3n) is 5.35. The van der Waals surface area contributed by atoms with Crippen molar-refractivity contribution in [2.45, 2.75) is 24.5 Å². The molecule has 4 heteroatoms. The Kier molecular flexibility index (Phi) is 5.13. The van der Waals surface area contributed by atoms with E-state index >= 15 is 0 Å². The van der Waals surface area contributed by atoms with Crippen LogP contribution >= 0.6 is 0 Å². The fraction of sp³-hybridized carbons (Fsp3) is 0.318. The predicted molar refractivity (Wildman–Crippen MR) is 99.7 cm³/mol. The molecule has 1 fully saturated rings. The highest BCUT2D eigenvalue weighted by molar-refractivity contribution is 5.85. The molecule has 0 radical (unpaired) electrons. The largest absolute Gasteiger partial charge is 0.457 e. The fourth-order valence-electron chi connectivity index (χ4n) is 3.58. The molecule has 0 amide bonds. The lowest BCUT2D eigenvalue weighted by atomic mass is 9.86. The standard InChI is InChI=1S/C22H24NO3/c1-3-23(2)16-10-15-20(23)17-26-21(24)22(25,18-11-6-4-7-12-18)19-13-8-5-9-14-19/h1,4-9,11-14,20,25H,10,15-17H2,2H3/q+1/t20-,23?/m1/s1. The van der Waals surface area contributed by atoms with Crippen LogP contribution in [0.1, 0.15) is 24.0 Å². The van der Waals surface area contributed by atoms with Gasteiger partial charge in [-0.1, -0.05) is 67.1 Å². The number of aliphatic hydroxyl groups is 1. The second kappa shape index (κ2) is 7.33. The molecule has 0 aromatic heterocycles. The van der Waals surface area contributed by atoms with Crippen molar-refractivity contribution in [2.75, 3.05) is 20.2 Å². The summed E-state index contributed by atoms with van der Waals surface area (Å²) in [6.07, 6.45) is 7.58. The number of ether oxygens (including phenoxy) is 1. The van der Waals surface area contributed by atoms with Crippen LogP contribution in [-0.2, 0) is 15.1 Å². The van der Waals surface area contributed by atoms with Gasteiger partial charge in [-0.2, -0.15) is 0 Å². The molecule has 26 heavy (non-hydrogen) atoms. The van der Waals surface area contributed by atoms with Gasteiger partial charge < -0.3 is 9.84 Å². The highest BCUT2D eigenvalue weighted by Gasteiger charge is 2.44. The van der Waals surface area contributed by atoms with E-state index in [4.69, 9.17) is 11.2 Å². The lowest BCUT2D eigenvalue weighted by Gasteiger charge is -2.31. The molecule has 1 aliphatic heterocycles. The number of quaternary nitrogens is 1. The topological polar surface area (TPSA) is 46.5 Å². The second-order valence-electron chi connectivity index (χ2n) is 6.96. The molecule has 134 valence electrons. The fourth-order valence-corrected chi connectivity index (χ4v) is 3.58. The van der Waals surface area contributed by atoms with Crippen LogP contribution in [-0.4, -0.2) is 41.8 Å². The molecule has 0 spiro atoms. The highest BCUT2D eigenvalue weighted by atomic mass is 16.6. The van der Waals surface area contributed by atoms with Crippen molar-refractivity contribution in [1.82, 2.24) is 0 Å². The van der Waals surface area contributed by atoms with Crippen molar-refractivity contribution < 1.29 is 19.1 Å². The number of likely N-dealkylation sites (N-methyl/N-ethyl adjacent to an activating group) is 1. The van der Waals surface area contributed by atoms with Gasteiger partial charge in [0.1, 0.15) is 18.7 Å². The predicted octanol–water partition coefficient (Wildman–Crippen LogP) is 2.67. The summed E-state index contributed by atoms with van der Waals surface area (Å²) in [4.78, 5) is 13.0. The number of hydrogen-bond acceptors (Lipinski definition) is 3. The smallest absolute Gasteiger partial charge is 0.347 e. The van der Waals surface area contributed by atoms with Crippen LogP contribution in [0.15, 0.2) is 60.7 Å². The summed E-state index contributed by atoms with van der Waals surface area (Å²) >= 11 is 0. The molecule has 1 saturated heterocycles. The van der Waals surface area contributed by atoms with E-state index in [1.165, 1.54) is 0 Å². The molecule has 2 aromatic rings. The van der Waals surface area contributed by atoms with E-state index in [1.54, 1.807) is 48.5 Å². The van der Waals surface area contributed by atoms with Crippen LogP contribution in [0.4, 0.5) is 0 Å². The molecular formula is C22H24NO3+. The summed E-state index contributed by atoms with van der Waals surface area (Å²) in [6.45, 7) is 1.07. The minimum absolute atomic E-state index is 0.0553. The summed E-state index contributed by atoms with van der Waals surface area (Å²) < 4.78 is 6.04. The molecule has 3 rings (SSSR count). The zero-order valence-electron chi connectivity index (χ0n) is 15.0. The molecule has 1 N–H and O–H groups in total. The lowest BCUT2D eigenvalue weighted by molar-refractivity contribution is -0.856. The maximum atomic E-state index is 13.0. The van der Waals surface area contributed by atoms with E-state index < -0.39 is 11.6 Å². The first-order valence-corrected chi connectivity index (χ1v) is 8.84. The van der Waals surface area contributed by atoms with Gasteiger partial charge in [0.05, 0.1) is 13.6 Å². The van der Waals surface area contributed by atoms with E-state index in [2.05, 4.69) is 6.04 Å². The summed E-state index contributed by atoms with van der Waals surface area (Å²) in [5.41, 5.74) is -0.880. The third kappa shape index (κ3) is 3.24. The Bertz CT molecular complexity index is 758. The van der Waals surface area contributed by atoms with Gasteiger partial charge in [-0.05, 0) is 11.1 Å². The Morgan fingerprint density at radius 3 is 2.23 bits per heavy atom. The molecule has 0 aliphatic carbocycles. The van der Waals surface area contributed by atoms with E-state index in [-0.39, 0.29) is 12.6 Å². The average molecular weight is 350 g/mol. The van der Waals surface area contributed by atoms with Gasteiger partial charge in [0.25, 0.3) is 0 Å². The third-order valence-corrected chi connectivity index (χ3v) is 5.35. The Balaban J connectivity index is 1.86. The van der Waals surface area contributed by atoms with Gasteiger partial charge in [0.2, 0.25) is 5.60 Å². The summed E-state index contributed by atoms with van der Waals surface area (Å²) in [6, 6.07) is 20.6. The van der Waals surface area contributed by atoms with Crippen LogP contribution < -0.4 is 0 Å². The average Bonchev–Trinajstić information content (AvgIpc) is 3.08. The Morgan fingerprint density at radius 1 is 1.19 bits per heavy atom. The van der Waals surface area contributed by atoms with Gasteiger partial charge >= 0.3 is 5.97 Å². The van der Waals surface area contributed by atoms with E-state index in [9.17, 15) is 9.90 Å². The number of carbonyl (C=O) groups is 1. The first kappa shape index (κ1) is 18.2. The quantitative estimate of drug-likeness (QED) is 0.512. The molecule has 0 saturated carbocycles. The van der Waals surface area contributed by atoms with Gasteiger partial charge in [0, 0.05) is 12.8 Å². The molecule has 4 nitrogen and oxygen atoms in total. The van der Waals surface area contributed by atoms with Crippen molar-refractivity contribution in [3.63, 3.8) is 0 Å². The monoisotopic (exact) mass is 350 g/mol. The number of esters is 1. The molecule has 1 heterocycles. The zero-order valence-corrected chi connectivity index (χ0v) is 15.0. The maximum absolute atomic E-state index is 13.0. The zero-order chi connectivity index (χ0) is 18.6. The van der Waals surface area contributed by atoms with Crippen LogP contribution in [0.5, 0.6) is 0 Å². The number of benzene rings is 2. The van der Waals surface area contributed by atoms with E-state index in [1.807, 2.05) is 19.2 Å². The molecule has 1 unspecified atom stereocenters. The van der Waals surface area contributed by atoms with Crippen LogP contribution in [0.2, 0.25) is 0 Å². The Morgan fingerprint density at radius 2 is 1.73 bits per heavy atom. The molecule has 1 aliphatic rings. The Labute approximate surface area is 154 Å². The lowest BCUT2D eigenvalue weighted by Crippen LogP contribution is -2.47. The Hall–Kier alpha value is -2.61. The molecule has 0 bridgehead atoms. The number of hydrogen-bond donors (Lipinski definition) is 1. The number of rotatable bonds is 5. The molecule has 2 atom stereocenters. The van der Waals surface area contributed by atoms with Gasteiger partial charge in [-0.25, -0.2) is 9.28 Å². The normalized spacial score (nSPS) is 22.6. The van der Waals surface area contributed by atoms with Gasteiger partial charge in [-0.3, -0.25) is 0 Å². The number of nitrogens with zero attached hydrogens (tertiary/aromatic N) is 1. The SMILES string of the molecule is C#C[N+]1(C)CCC[C@@H]1COC(=O)C(O)(c1ccccc1)c1ccccc1. The first-order chi connectivity index (χ1) is 12.5. The van der Waals surface area contributed by atoms with Crippen LogP contribution in [0.25, 0.3) is 0 Å². The van der Waals surface area contributed by atoms with Crippen molar-refractivity contribution in [3.8, 4) is 12.5 Å². The maximum Gasteiger partial charge on any atom is 0.347 e. The number of carbonyl (C=O) groups excluding carboxylic acids is 1. The minimum Gasteiger partial charge on any atom is -0.457 e. The van der Waals surface area contributed by atoms with Gasteiger partial charge in [0.15, 0.2) is 0 Å². The molecule has 2 aromatic carbocycles. The minimum atomic E-state index is -1.85. The van der Waals surface area contributed by atoms with Crippen LogP contribution in [0, 0.1) is 12.5 Å². The summed E-state index contributed by atoms with van der Waals surface area (Å²) in [7, 11) is 1.98. The van der Waals surface area contributed by atoms with Crippen LogP contribution in [0.3, 0.4) is 0 Å². The first-order valence-electron chi connectivity index (χ1n) is 8.84. The van der Waals surface area contributed by atoms with Crippen molar-refractivity contribution in [2.24, 2.45) is 0 Å². The van der Waals surface area contributed by atoms with Crippen molar-refractivity contribution in [3.05, 3.63) is 71.8 Å². The van der Waals surface area contributed by atoms with Crippen molar-refractivity contribution in [1.29, 1.82) is 0 Å². The van der Waals surface area contributed by atoms with E-state index in [0.717, 1.165) is 19.4 Å². The summed E-state index contributed by atoms with van der Waals surface area (Å²) in [5.74, 6) is -0.676.